The first-order chi connectivity index (χ1) is 14.4. The number of methoxy groups -OCH3 is 1. The Hall–Kier alpha value is -3.60. The number of carbonyl (C=O) groups is 2. The van der Waals surface area contributed by atoms with Crippen molar-refractivity contribution in [3.05, 3.63) is 58.9 Å². The second-order valence-corrected chi connectivity index (χ2v) is 6.50. The molecule has 2 amide bonds. The van der Waals surface area contributed by atoms with Crippen LogP contribution in [0.1, 0.15) is 34.3 Å². The maximum atomic E-state index is 13.5. The van der Waals surface area contributed by atoms with E-state index in [9.17, 15) is 14.0 Å². The van der Waals surface area contributed by atoms with Crippen LogP contribution in [0.3, 0.4) is 0 Å². The number of rotatable bonds is 10. The lowest BCUT2D eigenvalue weighted by Gasteiger charge is -2.11. The van der Waals surface area contributed by atoms with E-state index in [1.54, 1.807) is 37.3 Å². The molecule has 2 aromatic carbocycles. The molecule has 0 unspecified atom stereocenters. The Morgan fingerprint density at radius 1 is 1.10 bits per heavy atom. The number of halogens is 1. The molecule has 158 valence electrons. The second kappa shape index (κ2) is 11.4. The summed E-state index contributed by atoms with van der Waals surface area (Å²) in [5.74, 6) is -0.0272. The summed E-state index contributed by atoms with van der Waals surface area (Å²) in [6.45, 7) is 2.44. The van der Waals surface area contributed by atoms with Gasteiger partial charge in [-0.3, -0.25) is 9.59 Å². The maximum absolute atomic E-state index is 13.5. The van der Waals surface area contributed by atoms with E-state index in [0.29, 0.717) is 35.7 Å². The quantitative estimate of drug-likeness (QED) is 0.584. The molecule has 2 aromatic rings. The minimum atomic E-state index is -0.434. The van der Waals surface area contributed by atoms with Crippen molar-refractivity contribution in [1.82, 2.24) is 10.6 Å². The zero-order chi connectivity index (χ0) is 21.9. The molecular formula is C22H24FN3O4. The SMILES string of the molecule is COc1cc(C#N)ccc1OCCCC(=O)NCCNC(=O)c1ccc(C)c(F)c1. The normalized spacial score (nSPS) is 10.1. The number of amides is 2. The van der Waals surface area contributed by atoms with E-state index in [1.165, 1.54) is 13.2 Å². The Kier molecular flexibility index (Phi) is 8.63. The zero-order valence-electron chi connectivity index (χ0n) is 17.0. The van der Waals surface area contributed by atoms with Gasteiger partial charge in [-0.1, -0.05) is 6.07 Å². The van der Waals surface area contributed by atoms with Crippen LogP contribution in [0.4, 0.5) is 4.39 Å². The molecule has 2 rings (SSSR count). The molecule has 2 N–H and O–H groups in total. The van der Waals surface area contributed by atoms with Crippen LogP contribution in [-0.4, -0.2) is 38.6 Å². The van der Waals surface area contributed by atoms with Gasteiger partial charge in [0.15, 0.2) is 11.5 Å². The third-order valence-corrected chi connectivity index (χ3v) is 4.27. The van der Waals surface area contributed by atoms with Crippen molar-refractivity contribution in [3.63, 3.8) is 0 Å². The summed E-state index contributed by atoms with van der Waals surface area (Å²) in [5, 5.41) is 14.2. The molecule has 0 bridgehead atoms. The van der Waals surface area contributed by atoms with Gasteiger partial charge in [-0.05, 0) is 43.2 Å². The number of benzene rings is 2. The first kappa shape index (κ1) is 22.7. The van der Waals surface area contributed by atoms with Crippen LogP contribution in [0, 0.1) is 24.1 Å². The summed E-state index contributed by atoms with van der Waals surface area (Å²) >= 11 is 0. The Labute approximate surface area is 174 Å². The second-order valence-electron chi connectivity index (χ2n) is 6.50. The van der Waals surface area contributed by atoms with Crippen LogP contribution in [-0.2, 0) is 4.79 Å². The van der Waals surface area contributed by atoms with Crippen LogP contribution in [0.5, 0.6) is 11.5 Å². The van der Waals surface area contributed by atoms with Crippen LogP contribution >= 0.6 is 0 Å². The average Bonchev–Trinajstić information content (AvgIpc) is 2.75. The Morgan fingerprint density at radius 2 is 1.87 bits per heavy atom. The van der Waals surface area contributed by atoms with E-state index >= 15 is 0 Å². The number of nitriles is 1. The van der Waals surface area contributed by atoms with Crippen molar-refractivity contribution in [2.75, 3.05) is 26.8 Å². The number of carbonyl (C=O) groups excluding carboxylic acids is 2. The number of hydrogen-bond donors (Lipinski definition) is 2. The molecule has 0 saturated heterocycles. The van der Waals surface area contributed by atoms with E-state index in [-0.39, 0.29) is 31.0 Å². The third-order valence-electron chi connectivity index (χ3n) is 4.27. The minimum Gasteiger partial charge on any atom is -0.493 e. The van der Waals surface area contributed by atoms with Gasteiger partial charge in [0, 0.05) is 31.1 Å². The molecule has 0 heterocycles. The summed E-state index contributed by atoms with van der Waals surface area (Å²) in [5.41, 5.74) is 1.18. The summed E-state index contributed by atoms with van der Waals surface area (Å²) < 4.78 is 24.3. The van der Waals surface area contributed by atoms with Gasteiger partial charge >= 0.3 is 0 Å². The highest BCUT2D eigenvalue weighted by Gasteiger charge is 2.09. The van der Waals surface area contributed by atoms with Crippen molar-refractivity contribution in [3.8, 4) is 17.6 Å². The highest BCUT2D eigenvalue weighted by atomic mass is 19.1. The molecule has 30 heavy (non-hydrogen) atoms. The first-order valence-electron chi connectivity index (χ1n) is 9.46. The molecule has 7 nitrogen and oxygen atoms in total. The fraction of sp³-hybridized carbons (Fsp3) is 0.318. The molecule has 0 radical (unpaired) electrons. The van der Waals surface area contributed by atoms with Gasteiger partial charge in [0.25, 0.3) is 5.91 Å². The highest BCUT2D eigenvalue weighted by Crippen LogP contribution is 2.27. The fourth-order valence-electron chi connectivity index (χ4n) is 2.57. The van der Waals surface area contributed by atoms with Crippen LogP contribution < -0.4 is 20.1 Å². The monoisotopic (exact) mass is 413 g/mol. The minimum absolute atomic E-state index is 0.166. The predicted octanol–water partition coefficient (Wildman–Crippen LogP) is 2.72. The zero-order valence-corrected chi connectivity index (χ0v) is 17.0. The lowest BCUT2D eigenvalue weighted by molar-refractivity contribution is -0.121. The van der Waals surface area contributed by atoms with Crippen molar-refractivity contribution in [1.29, 1.82) is 5.26 Å². The lowest BCUT2D eigenvalue weighted by Crippen LogP contribution is -2.34. The van der Waals surface area contributed by atoms with Gasteiger partial charge in [0.2, 0.25) is 5.91 Å². The molecule has 0 fully saturated rings. The van der Waals surface area contributed by atoms with Gasteiger partial charge in [-0.25, -0.2) is 4.39 Å². The molecular weight excluding hydrogens is 389 g/mol. The summed E-state index contributed by atoms with van der Waals surface area (Å²) in [6, 6.07) is 11.2. The van der Waals surface area contributed by atoms with Gasteiger partial charge in [-0.15, -0.1) is 0 Å². The van der Waals surface area contributed by atoms with E-state index in [4.69, 9.17) is 14.7 Å². The van der Waals surface area contributed by atoms with Gasteiger partial charge in [0.1, 0.15) is 5.82 Å². The van der Waals surface area contributed by atoms with E-state index in [2.05, 4.69) is 10.6 Å². The number of ether oxygens (including phenoxy) is 2. The lowest BCUT2D eigenvalue weighted by atomic mass is 10.1. The fourth-order valence-corrected chi connectivity index (χ4v) is 2.57. The predicted molar refractivity (Wildman–Crippen MR) is 109 cm³/mol. The topological polar surface area (TPSA) is 100 Å². The Morgan fingerprint density at radius 3 is 2.57 bits per heavy atom. The van der Waals surface area contributed by atoms with E-state index in [0.717, 1.165) is 0 Å². The van der Waals surface area contributed by atoms with Crippen molar-refractivity contribution in [2.24, 2.45) is 0 Å². The van der Waals surface area contributed by atoms with Gasteiger partial charge in [-0.2, -0.15) is 5.26 Å². The third kappa shape index (κ3) is 6.78. The maximum Gasteiger partial charge on any atom is 0.251 e. The molecule has 0 aromatic heterocycles. The molecule has 0 aliphatic rings. The number of nitrogens with zero attached hydrogens (tertiary/aromatic N) is 1. The summed E-state index contributed by atoms with van der Waals surface area (Å²) in [4.78, 5) is 23.8. The van der Waals surface area contributed by atoms with E-state index < -0.39 is 11.7 Å². The molecule has 0 atom stereocenters. The van der Waals surface area contributed by atoms with Crippen LogP contribution in [0.15, 0.2) is 36.4 Å². The van der Waals surface area contributed by atoms with Crippen molar-refractivity contribution in [2.45, 2.75) is 19.8 Å². The number of aryl methyl sites for hydroxylation is 1. The van der Waals surface area contributed by atoms with Gasteiger partial charge in [0.05, 0.1) is 25.3 Å². The summed E-state index contributed by atoms with van der Waals surface area (Å²) in [6.07, 6.45) is 0.750. The number of hydrogen-bond acceptors (Lipinski definition) is 5. The Balaban J connectivity index is 1.63. The van der Waals surface area contributed by atoms with Gasteiger partial charge < -0.3 is 20.1 Å². The molecule has 0 saturated carbocycles. The molecule has 8 heteroatoms. The van der Waals surface area contributed by atoms with Crippen molar-refractivity contribution < 1.29 is 23.5 Å². The summed E-state index contributed by atoms with van der Waals surface area (Å²) in [7, 11) is 1.49. The average molecular weight is 413 g/mol. The van der Waals surface area contributed by atoms with Crippen molar-refractivity contribution >= 4 is 11.8 Å². The van der Waals surface area contributed by atoms with E-state index in [1.807, 2.05) is 6.07 Å². The Bertz CT molecular complexity index is 940. The number of nitrogens with one attached hydrogen (secondary N) is 2. The standard InChI is InChI=1S/C22H24FN3O4/c1-15-5-7-17(13-18(15)23)22(28)26-10-9-25-21(27)4-3-11-30-19-8-6-16(14-24)12-20(19)29-2/h5-8,12-13H,3-4,9-11H2,1-2H3,(H,25,27)(H,26,28). The first-order valence-corrected chi connectivity index (χ1v) is 9.46. The molecule has 0 aliphatic carbocycles. The van der Waals surface area contributed by atoms with Crippen LogP contribution in [0.2, 0.25) is 0 Å². The largest absolute Gasteiger partial charge is 0.493 e. The van der Waals surface area contributed by atoms with Crippen LogP contribution in [0.25, 0.3) is 0 Å². The molecule has 0 spiro atoms. The highest BCUT2D eigenvalue weighted by molar-refractivity contribution is 5.94. The molecule has 0 aliphatic heterocycles. The smallest absolute Gasteiger partial charge is 0.251 e.